The van der Waals surface area contributed by atoms with Gasteiger partial charge in [0.05, 0.1) is 12.2 Å². The zero-order valence-electron chi connectivity index (χ0n) is 21.4. The maximum absolute atomic E-state index is 12.3. The average Bonchev–Trinajstić information content (AvgIpc) is 2.92. The van der Waals surface area contributed by atoms with Gasteiger partial charge in [0.1, 0.15) is 11.4 Å². The maximum Gasteiger partial charge on any atom is 0.258 e. The number of nitrogens with zero attached hydrogens (tertiary/aromatic N) is 1. The van der Waals surface area contributed by atoms with Crippen LogP contribution in [0.25, 0.3) is 0 Å². The molecule has 2 aromatic carbocycles. The van der Waals surface area contributed by atoms with Crippen molar-refractivity contribution in [1.29, 1.82) is 0 Å². The number of ether oxygens (including phenoxy) is 1. The molecule has 1 amide bonds. The number of benzene rings is 2. The van der Waals surface area contributed by atoms with Crippen LogP contribution in [0.5, 0.6) is 5.75 Å². The normalized spacial score (nSPS) is 24.1. The SMILES string of the molecule is CC#C[C@@]1(O)CC[C@@]2(Cc3ccccc3)c3ccc(OCC(=O)NCc4ccccn4)cc3CC[C@@H]2C1. The summed E-state index contributed by atoms with van der Waals surface area (Å²) in [6.45, 7) is 2.15. The standard InChI is InChI=1S/C32H34N2O3/c1-2-15-31(36)16-17-32(20-24-8-4-3-5-9-24)26(21-31)12-11-25-19-28(13-14-29(25)32)37-23-30(35)34-22-27-10-6-7-18-33-27/h3-10,13-14,18-19,26,36H,11-12,16-17,20-23H2,1H3,(H,34,35)/t26-,31-,32+/m1/s1. The van der Waals surface area contributed by atoms with Gasteiger partial charge in [0.2, 0.25) is 0 Å². The molecule has 3 aromatic rings. The van der Waals surface area contributed by atoms with Gasteiger partial charge in [-0.05, 0) is 92.3 Å². The van der Waals surface area contributed by atoms with Gasteiger partial charge < -0.3 is 15.2 Å². The summed E-state index contributed by atoms with van der Waals surface area (Å²) in [5.74, 6) is 6.94. The summed E-state index contributed by atoms with van der Waals surface area (Å²) in [5.41, 5.74) is 3.82. The van der Waals surface area contributed by atoms with Gasteiger partial charge in [0.15, 0.2) is 6.61 Å². The van der Waals surface area contributed by atoms with Gasteiger partial charge in [0.25, 0.3) is 5.91 Å². The Hall–Kier alpha value is -3.62. The first-order valence-corrected chi connectivity index (χ1v) is 13.1. The van der Waals surface area contributed by atoms with Crippen LogP contribution in [0.3, 0.4) is 0 Å². The second-order valence-corrected chi connectivity index (χ2v) is 10.4. The summed E-state index contributed by atoms with van der Waals surface area (Å²) < 4.78 is 5.88. The molecule has 1 aromatic heterocycles. The molecule has 0 spiro atoms. The molecule has 37 heavy (non-hydrogen) atoms. The molecular weight excluding hydrogens is 460 g/mol. The molecule has 190 valence electrons. The highest BCUT2D eigenvalue weighted by Gasteiger charge is 2.51. The third-order valence-corrected chi connectivity index (χ3v) is 8.01. The Kier molecular flexibility index (Phi) is 7.30. The van der Waals surface area contributed by atoms with E-state index in [2.05, 4.69) is 64.6 Å². The van der Waals surface area contributed by atoms with Crippen LogP contribution in [-0.4, -0.2) is 28.2 Å². The molecular formula is C32H34N2O3. The van der Waals surface area contributed by atoms with E-state index in [1.165, 1.54) is 16.7 Å². The fourth-order valence-electron chi connectivity index (χ4n) is 6.28. The highest BCUT2D eigenvalue weighted by Crippen LogP contribution is 2.54. The van der Waals surface area contributed by atoms with Crippen molar-refractivity contribution in [3.05, 3.63) is 95.3 Å². The molecule has 2 aliphatic carbocycles. The number of pyridine rings is 1. The van der Waals surface area contributed by atoms with Crippen molar-refractivity contribution in [2.24, 2.45) is 5.92 Å². The third-order valence-electron chi connectivity index (χ3n) is 8.01. The number of aryl methyl sites for hydroxylation is 1. The summed E-state index contributed by atoms with van der Waals surface area (Å²) in [5, 5.41) is 14.0. The highest BCUT2D eigenvalue weighted by molar-refractivity contribution is 5.77. The van der Waals surface area contributed by atoms with Crippen molar-refractivity contribution >= 4 is 5.91 Å². The first-order chi connectivity index (χ1) is 18.0. The Morgan fingerprint density at radius 1 is 1.14 bits per heavy atom. The van der Waals surface area contributed by atoms with E-state index in [4.69, 9.17) is 4.74 Å². The molecule has 2 aliphatic rings. The lowest BCUT2D eigenvalue weighted by Crippen LogP contribution is -2.50. The summed E-state index contributed by atoms with van der Waals surface area (Å²) in [6.07, 6.45) is 6.85. The van der Waals surface area contributed by atoms with Gasteiger partial charge in [-0.3, -0.25) is 9.78 Å². The van der Waals surface area contributed by atoms with E-state index in [9.17, 15) is 9.90 Å². The minimum atomic E-state index is -0.900. The third kappa shape index (κ3) is 5.55. The monoisotopic (exact) mass is 494 g/mol. The van der Waals surface area contributed by atoms with Crippen molar-refractivity contribution in [1.82, 2.24) is 10.3 Å². The van der Waals surface area contributed by atoms with Gasteiger partial charge in [-0.25, -0.2) is 0 Å². The second kappa shape index (κ2) is 10.8. The van der Waals surface area contributed by atoms with E-state index in [1.807, 2.05) is 24.3 Å². The van der Waals surface area contributed by atoms with Crippen LogP contribution < -0.4 is 10.1 Å². The van der Waals surface area contributed by atoms with Crippen LogP contribution >= 0.6 is 0 Å². The first kappa shape index (κ1) is 25.0. The van der Waals surface area contributed by atoms with Crippen LogP contribution in [-0.2, 0) is 29.6 Å². The molecule has 2 N–H and O–H groups in total. The number of rotatable bonds is 7. The topological polar surface area (TPSA) is 71.5 Å². The molecule has 0 unspecified atom stereocenters. The van der Waals surface area contributed by atoms with Gasteiger partial charge in [0, 0.05) is 11.6 Å². The molecule has 5 nitrogen and oxygen atoms in total. The fourth-order valence-corrected chi connectivity index (χ4v) is 6.28. The van der Waals surface area contributed by atoms with Gasteiger partial charge >= 0.3 is 0 Å². The number of hydrogen-bond acceptors (Lipinski definition) is 4. The molecule has 0 bridgehead atoms. The summed E-state index contributed by atoms with van der Waals surface area (Å²) in [7, 11) is 0. The van der Waals surface area contributed by atoms with Crippen LogP contribution in [0.15, 0.2) is 72.9 Å². The lowest BCUT2D eigenvalue weighted by molar-refractivity contribution is -0.123. The van der Waals surface area contributed by atoms with Crippen molar-refractivity contribution in [3.8, 4) is 17.6 Å². The van der Waals surface area contributed by atoms with Crippen molar-refractivity contribution in [2.75, 3.05) is 6.61 Å². The van der Waals surface area contributed by atoms with Crippen LogP contribution in [0.2, 0.25) is 0 Å². The molecule has 5 heteroatoms. The minimum Gasteiger partial charge on any atom is -0.484 e. The first-order valence-electron chi connectivity index (χ1n) is 13.1. The van der Waals surface area contributed by atoms with Gasteiger partial charge in [-0.2, -0.15) is 0 Å². The van der Waals surface area contributed by atoms with Crippen LogP contribution in [0.1, 0.15) is 55.0 Å². The van der Waals surface area contributed by atoms with Crippen molar-refractivity contribution < 1.29 is 14.6 Å². The summed E-state index contributed by atoms with van der Waals surface area (Å²) in [4.78, 5) is 16.6. The van der Waals surface area contributed by atoms with E-state index >= 15 is 0 Å². The summed E-state index contributed by atoms with van der Waals surface area (Å²) >= 11 is 0. The molecule has 0 aliphatic heterocycles. The predicted molar refractivity (Wildman–Crippen MR) is 144 cm³/mol. The molecule has 1 saturated carbocycles. The van der Waals surface area contributed by atoms with Crippen molar-refractivity contribution in [2.45, 2.75) is 63.0 Å². The number of fused-ring (bicyclic) bond motifs is 3. The second-order valence-electron chi connectivity index (χ2n) is 10.4. The lowest BCUT2D eigenvalue weighted by atomic mass is 9.52. The van der Waals surface area contributed by atoms with Crippen molar-refractivity contribution in [3.63, 3.8) is 0 Å². The molecule has 1 fully saturated rings. The Balaban J connectivity index is 1.34. The Labute approximate surface area is 219 Å². The highest BCUT2D eigenvalue weighted by atomic mass is 16.5. The van der Waals surface area contributed by atoms with E-state index < -0.39 is 5.60 Å². The molecule has 5 rings (SSSR count). The van der Waals surface area contributed by atoms with Gasteiger partial charge in [-0.1, -0.05) is 48.4 Å². The van der Waals surface area contributed by atoms with E-state index in [0.29, 0.717) is 31.1 Å². The smallest absolute Gasteiger partial charge is 0.258 e. The maximum atomic E-state index is 12.3. The summed E-state index contributed by atoms with van der Waals surface area (Å²) in [6, 6.07) is 22.6. The molecule has 0 saturated heterocycles. The number of aromatic nitrogens is 1. The number of hydrogen-bond donors (Lipinski definition) is 2. The number of nitrogens with one attached hydrogen (secondary N) is 1. The fraction of sp³-hybridized carbons (Fsp3) is 0.375. The molecule has 1 heterocycles. The largest absolute Gasteiger partial charge is 0.484 e. The zero-order valence-corrected chi connectivity index (χ0v) is 21.4. The Bertz CT molecular complexity index is 1300. The van der Waals surface area contributed by atoms with Crippen LogP contribution in [0.4, 0.5) is 0 Å². The minimum absolute atomic E-state index is 0.0356. The number of carbonyl (C=O) groups excluding carboxylic acids is 1. The molecule has 0 radical (unpaired) electrons. The average molecular weight is 495 g/mol. The molecule has 3 atom stereocenters. The zero-order chi connectivity index (χ0) is 25.7. The number of amides is 1. The number of carbonyl (C=O) groups is 1. The van der Waals surface area contributed by atoms with E-state index in [1.54, 1.807) is 13.1 Å². The van der Waals surface area contributed by atoms with Gasteiger partial charge in [-0.15, -0.1) is 5.92 Å². The number of aliphatic hydroxyl groups is 1. The Morgan fingerprint density at radius 2 is 1.97 bits per heavy atom. The van der Waals surface area contributed by atoms with E-state index in [-0.39, 0.29) is 17.9 Å². The Morgan fingerprint density at radius 3 is 2.76 bits per heavy atom. The lowest BCUT2D eigenvalue weighted by Gasteiger charge is -2.52. The predicted octanol–water partition coefficient (Wildman–Crippen LogP) is 4.76. The quantitative estimate of drug-likeness (QED) is 0.465. The van der Waals surface area contributed by atoms with E-state index in [0.717, 1.165) is 31.4 Å². The van der Waals surface area contributed by atoms with Crippen LogP contribution in [0, 0.1) is 17.8 Å².